The van der Waals surface area contributed by atoms with Gasteiger partial charge >= 0.3 is 0 Å². The molecule has 1 aromatic carbocycles. The van der Waals surface area contributed by atoms with Crippen LogP contribution in [0.5, 0.6) is 0 Å². The van der Waals surface area contributed by atoms with Gasteiger partial charge in [0.2, 0.25) is 0 Å². The molecule has 0 radical (unpaired) electrons. The van der Waals surface area contributed by atoms with Gasteiger partial charge in [-0.1, -0.05) is 51.2 Å². The van der Waals surface area contributed by atoms with Crippen molar-refractivity contribution < 1.29 is 0 Å². The molecule has 1 nitrogen and oxygen atoms in total. The molecule has 2 rings (SSSR count). The third-order valence-electron chi connectivity index (χ3n) is 4.00. The molecule has 1 fully saturated rings. The molecule has 18 heavy (non-hydrogen) atoms. The van der Waals surface area contributed by atoms with Crippen molar-refractivity contribution in [1.29, 1.82) is 0 Å². The van der Waals surface area contributed by atoms with Gasteiger partial charge in [-0.2, -0.15) is 0 Å². The van der Waals surface area contributed by atoms with Gasteiger partial charge in [-0.3, -0.25) is 0 Å². The summed E-state index contributed by atoms with van der Waals surface area (Å²) in [6.07, 6.45) is 12.1. The molecular formula is C17H27N. The van der Waals surface area contributed by atoms with Gasteiger partial charge in [-0.05, 0) is 43.4 Å². The van der Waals surface area contributed by atoms with Gasteiger partial charge in [0.15, 0.2) is 0 Å². The Bertz CT molecular complexity index is 322. The molecule has 1 aliphatic rings. The minimum absolute atomic E-state index is 0.713. The second kappa shape index (κ2) is 7.45. The fraction of sp³-hybridized carbons (Fsp3) is 0.647. The van der Waals surface area contributed by atoms with Gasteiger partial charge in [0.1, 0.15) is 0 Å². The standard InChI is InChI=1S/C17H27N/c1-2-3-5-8-15-11-13-17(14-12-15)18-16-9-6-4-7-10-16/h11-14,16,18H,2-10H2,1H3. The van der Waals surface area contributed by atoms with E-state index in [4.69, 9.17) is 0 Å². The summed E-state index contributed by atoms with van der Waals surface area (Å²) in [4.78, 5) is 0. The van der Waals surface area contributed by atoms with Crippen molar-refractivity contribution in [3.05, 3.63) is 29.8 Å². The Morgan fingerprint density at radius 3 is 2.39 bits per heavy atom. The molecule has 1 saturated carbocycles. The second-order valence-electron chi connectivity index (χ2n) is 5.63. The normalized spacial score (nSPS) is 16.7. The van der Waals surface area contributed by atoms with Crippen LogP contribution in [-0.4, -0.2) is 6.04 Å². The summed E-state index contributed by atoms with van der Waals surface area (Å²) < 4.78 is 0. The Hall–Kier alpha value is -0.980. The molecule has 1 aliphatic carbocycles. The van der Waals surface area contributed by atoms with Crippen molar-refractivity contribution in [2.24, 2.45) is 0 Å². The minimum atomic E-state index is 0.713. The maximum absolute atomic E-state index is 3.68. The van der Waals surface area contributed by atoms with E-state index in [1.165, 1.54) is 69.0 Å². The lowest BCUT2D eigenvalue weighted by Crippen LogP contribution is -2.22. The highest BCUT2D eigenvalue weighted by molar-refractivity contribution is 5.45. The summed E-state index contributed by atoms with van der Waals surface area (Å²) >= 11 is 0. The van der Waals surface area contributed by atoms with Gasteiger partial charge in [-0.15, -0.1) is 0 Å². The van der Waals surface area contributed by atoms with Crippen molar-refractivity contribution >= 4 is 5.69 Å². The Morgan fingerprint density at radius 1 is 1.00 bits per heavy atom. The predicted octanol–water partition coefficient (Wildman–Crippen LogP) is 5.16. The van der Waals surface area contributed by atoms with Crippen LogP contribution in [-0.2, 0) is 6.42 Å². The fourth-order valence-corrected chi connectivity index (χ4v) is 2.83. The molecule has 0 amide bonds. The quantitative estimate of drug-likeness (QED) is 0.682. The van der Waals surface area contributed by atoms with Crippen molar-refractivity contribution in [3.63, 3.8) is 0 Å². The van der Waals surface area contributed by atoms with E-state index in [0.29, 0.717) is 6.04 Å². The smallest absolute Gasteiger partial charge is 0.0342 e. The van der Waals surface area contributed by atoms with E-state index in [9.17, 15) is 0 Å². The van der Waals surface area contributed by atoms with Crippen molar-refractivity contribution in [3.8, 4) is 0 Å². The van der Waals surface area contributed by atoms with Gasteiger partial charge in [-0.25, -0.2) is 0 Å². The number of rotatable bonds is 6. The summed E-state index contributed by atoms with van der Waals surface area (Å²) in [5, 5.41) is 3.68. The number of hydrogen-bond donors (Lipinski definition) is 1. The molecule has 0 aromatic heterocycles. The van der Waals surface area contributed by atoms with Crippen LogP contribution in [0.3, 0.4) is 0 Å². The minimum Gasteiger partial charge on any atom is -0.382 e. The average molecular weight is 245 g/mol. The van der Waals surface area contributed by atoms with E-state index in [1.807, 2.05) is 0 Å². The predicted molar refractivity (Wildman–Crippen MR) is 80.2 cm³/mol. The molecule has 0 saturated heterocycles. The Morgan fingerprint density at radius 2 is 1.72 bits per heavy atom. The lowest BCUT2D eigenvalue weighted by atomic mass is 9.95. The number of aryl methyl sites for hydroxylation is 1. The van der Waals surface area contributed by atoms with Gasteiger partial charge in [0.25, 0.3) is 0 Å². The van der Waals surface area contributed by atoms with Gasteiger partial charge < -0.3 is 5.32 Å². The molecule has 1 heteroatoms. The van der Waals surface area contributed by atoms with Crippen LogP contribution >= 0.6 is 0 Å². The lowest BCUT2D eigenvalue weighted by Gasteiger charge is -2.23. The van der Waals surface area contributed by atoms with Crippen LogP contribution in [0.4, 0.5) is 5.69 Å². The monoisotopic (exact) mass is 245 g/mol. The largest absolute Gasteiger partial charge is 0.382 e. The van der Waals surface area contributed by atoms with Crippen LogP contribution in [0.2, 0.25) is 0 Å². The lowest BCUT2D eigenvalue weighted by molar-refractivity contribution is 0.463. The van der Waals surface area contributed by atoms with Crippen LogP contribution in [0.15, 0.2) is 24.3 Å². The van der Waals surface area contributed by atoms with Crippen molar-refractivity contribution in [1.82, 2.24) is 0 Å². The molecule has 100 valence electrons. The van der Waals surface area contributed by atoms with E-state index in [2.05, 4.69) is 36.5 Å². The Balaban J connectivity index is 1.79. The number of nitrogens with one attached hydrogen (secondary N) is 1. The van der Waals surface area contributed by atoms with Crippen LogP contribution in [0, 0.1) is 0 Å². The van der Waals surface area contributed by atoms with E-state index < -0.39 is 0 Å². The highest BCUT2D eigenvalue weighted by Crippen LogP contribution is 2.22. The Kier molecular flexibility index (Phi) is 5.57. The average Bonchev–Trinajstić information content (AvgIpc) is 2.42. The third kappa shape index (κ3) is 4.36. The molecule has 0 heterocycles. The number of hydrogen-bond acceptors (Lipinski definition) is 1. The van der Waals surface area contributed by atoms with E-state index >= 15 is 0 Å². The number of anilines is 1. The van der Waals surface area contributed by atoms with Crippen molar-refractivity contribution in [2.45, 2.75) is 70.8 Å². The summed E-state index contributed by atoms with van der Waals surface area (Å²) in [5.41, 5.74) is 2.79. The van der Waals surface area contributed by atoms with Gasteiger partial charge in [0, 0.05) is 11.7 Å². The van der Waals surface area contributed by atoms with E-state index in [-0.39, 0.29) is 0 Å². The Labute approximate surface area is 112 Å². The summed E-state index contributed by atoms with van der Waals surface area (Å²) in [6, 6.07) is 9.82. The summed E-state index contributed by atoms with van der Waals surface area (Å²) in [7, 11) is 0. The first-order valence-corrected chi connectivity index (χ1v) is 7.74. The third-order valence-corrected chi connectivity index (χ3v) is 4.00. The maximum Gasteiger partial charge on any atom is 0.0342 e. The topological polar surface area (TPSA) is 12.0 Å². The highest BCUT2D eigenvalue weighted by atomic mass is 14.9. The van der Waals surface area contributed by atoms with E-state index in [1.54, 1.807) is 0 Å². The first kappa shape index (κ1) is 13.5. The molecule has 1 N–H and O–H groups in total. The molecule has 0 aliphatic heterocycles. The molecule has 0 spiro atoms. The fourth-order valence-electron chi connectivity index (χ4n) is 2.83. The zero-order valence-corrected chi connectivity index (χ0v) is 11.8. The highest BCUT2D eigenvalue weighted by Gasteiger charge is 2.12. The van der Waals surface area contributed by atoms with E-state index in [0.717, 1.165) is 0 Å². The molecule has 0 unspecified atom stereocenters. The zero-order chi connectivity index (χ0) is 12.6. The SMILES string of the molecule is CCCCCc1ccc(NC2CCCCC2)cc1. The second-order valence-corrected chi connectivity index (χ2v) is 5.63. The number of benzene rings is 1. The summed E-state index contributed by atoms with van der Waals surface area (Å²) in [5.74, 6) is 0. The van der Waals surface area contributed by atoms with Crippen LogP contribution < -0.4 is 5.32 Å². The molecule has 0 bridgehead atoms. The van der Waals surface area contributed by atoms with Gasteiger partial charge in [0.05, 0.1) is 0 Å². The van der Waals surface area contributed by atoms with Crippen molar-refractivity contribution in [2.75, 3.05) is 5.32 Å². The van der Waals surface area contributed by atoms with Crippen LogP contribution in [0.1, 0.15) is 63.9 Å². The molecule has 0 atom stereocenters. The molecular weight excluding hydrogens is 218 g/mol. The zero-order valence-electron chi connectivity index (χ0n) is 11.8. The van der Waals surface area contributed by atoms with Crippen LogP contribution in [0.25, 0.3) is 0 Å². The molecule has 1 aromatic rings. The number of unbranched alkanes of at least 4 members (excludes halogenated alkanes) is 2. The summed E-state index contributed by atoms with van der Waals surface area (Å²) in [6.45, 7) is 2.26. The first-order chi connectivity index (χ1) is 8.88. The first-order valence-electron chi connectivity index (χ1n) is 7.74. The maximum atomic E-state index is 3.68.